The van der Waals surface area contributed by atoms with Crippen LogP contribution in [-0.4, -0.2) is 36.1 Å². The number of ether oxygens (including phenoxy) is 1. The van der Waals surface area contributed by atoms with Crippen LogP contribution in [0.3, 0.4) is 0 Å². The summed E-state index contributed by atoms with van der Waals surface area (Å²) in [5.74, 6) is -0.00338. The van der Waals surface area contributed by atoms with Gasteiger partial charge in [0.05, 0.1) is 12.2 Å². The highest BCUT2D eigenvalue weighted by atomic mass is 16.5. The van der Waals surface area contributed by atoms with Gasteiger partial charge in [-0.15, -0.1) is 0 Å². The fourth-order valence-electron chi connectivity index (χ4n) is 3.44. The second-order valence-corrected chi connectivity index (χ2v) is 6.88. The lowest BCUT2D eigenvalue weighted by atomic mass is 10.0. The molecule has 25 heavy (non-hydrogen) atoms. The second-order valence-electron chi connectivity index (χ2n) is 6.88. The highest BCUT2D eigenvalue weighted by molar-refractivity contribution is 5.95. The number of anilines is 1. The van der Waals surface area contributed by atoms with Gasteiger partial charge in [0.25, 0.3) is 0 Å². The maximum absolute atomic E-state index is 13.1. The number of aryl methyl sites for hydroxylation is 1. The molecular weight excluding hydrogens is 312 g/mol. The molecule has 2 aromatic carbocycles. The third-order valence-corrected chi connectivity index (χ3v) is 4.50. The molecule has 4 nitrogen and oxygen atoms in total. The van der Waals surface area contributed by atoms with E-state index in [0.717, 1.165) is 24.3 Å². The predicted octanol–water partition coefficient (Wildman–Crippen LogP) is 3.78. The van der Waals surface area contributed by atoms with Gasteiger partial charge in [0.1, 0.15) is 6.04 Å². The van der Waals surface area contributed by atoms with Gasteiger partial charge in [-0.05, 0) is 38.5 Å². The van der Waals surface area contributed by atoms with Crippen LogP contribution in [0.4, 0.5) is 5.69 Å². The summed E-state index contributed by atoms with van der Waals surface area (Å²) in [7, 11) is 0. The van der Waals surface area contributed by atoms with Gasteiger partial charge in [-0.1, -0.05) is 48.0 Å². The summed E-state index contributed by atoms with van der Waals surface area (Å²) >= 11 is 0. The average molecular weight is 338 g/mol. The third kappa shape index (κ3) is 4.47. The molecule has 2 aromatic rings. The fourth-order valence-corrected chi connectivity index (χ4v) is 3.44. The molecule has 1 heterocycles. The Morgan fingerprint density at radius 1 is 1.04 bits per heavy atom. The highest BCUT2D eigenvalue weighted by Gasteiger charge is 2.33. The molecule has 0 bridgehead atoms. The highest BCUT2D eigenvalue weighted by Crippen LogP contribution is 2.26. The topological polar surface area (TPSA) is 41.6 Å². The fraction of sp³-hybridized carbons (Fsp3) is 0.381. The van der Waals surface area contributed by atoms with Gasteiger partial charge >= 0.3 is 0 Å². The third-order valence-electron chi connectivity index (χ3n) is 4.50. The first-order valence-electron chi connectivity index (χ1n) is 8.85. The monoisotopic (exact) mass is 338 g/mol. The molecule has 1 saturated heterocycles. The van der Waals surface area contributed by atoms with Crippen molar-refractivity contribution in [1.82, 2.24) is 4.90 Å². The van der Waals surface area contributed by atoms with Crippen LogP contribution in [0.1, 0.15) is 31.0 Å². The number of amides is 1. The molecular formula is C21H26N2O2. The lowest BCUT2D eigenvalue weighted by Gasteiger charge is -2.39. The summed E-state index contributed by atoms with van der Waals surface area (Å²) in [4.78, 5) is 15.3. The summed E-state index contributed by atoms with van der Waals surface area (Å²) in [6.45, 7) is 7.64. The SMILES string of the molecule is Cc1ccc(NC(=O)[C@H](c2ccccc2)N2C[C@@H](C)O[C@@H](C)C2)cc1. The van der Waals surface area contributed by atoms with Crippen LogP contribution in [0.5, 0.6) is 0 Å². The van der Waals surface area contributed by atoms with Crippen molar-refractivity contribution >= 4 is 11.6 Å². The molecule has 1 aliphatic rings. The van der Waals surface area contributed by atoms with Gasteiger partial charge in [-0.25, -0.2) is 0 Å². The van der Waals surface area contributed by atoms with E-state index in [1.807, 2.05) is 61.5 Å². The van der Waals surface area contributed by atoms with Crippen LogP contribution in [0.2, 0.25) is 0 Å². The number of rotatable bonds is 4. The van der Waals surface area contributed by atoms with Crippen LogP contribution < -0.4 is 5.32 Å². The molecule has 3 atom stereocenters. The van der Waals surface area contributed by atoms with E-state index in [1.165, 1.54) is 5.56 Å². The van der Waals surface area contributed by atoms with Crippen LogP contribution in [-0.2, 0) is 9.53 Å². The number of hydrogen-bond acceptors (Lipinski definition) is 3. The van der Waals surface area contributed by atoms with Gasteiger partial charge in [0.2, 0.25) is 5.91 Å². The van der Waals surface area contributed by atoms with Crippen LogP contribution in [0.25, 0.3) is 0 Å². The number of benzene rings is 2. The first kappa shape index (κ1) is 17.6. The molecule has 0 saturated carbocycles. The Bertz CT molecular complexity index is 690. The van der Waals surface area contributed by atoms with Crippen molar-refractivity contribution in [1.29, 1.82) is 0 Å². The van der Waals surface area contributed by atoms with Gasteiger partial charge in [0.15, 0.2) is 0 Å². The van der Waals surface area contributed by atoms with Crippen LogP contribution >= 0.6 is 0 Å². The Hall–Kier alpha value is -2.17. The van der Waals surface area contributed by atoms with Gasteiger partial charge in [-0.2, -0.15) is 0 Å². The predicted molar refractivity (Wildman–Crippen MR) is 101 cm³/mol. The Balaban J connectivity index is 1.85. The smallest absolute Gasteiger partial charge is 0.246 e. The normalized spacial score (nSPS) is 22.4. The van der Waals surface area contributed by atoms with Crippen molar-refractivity contribution in [2.24, 2.45) is 0 Å². The molecule has 1 aliphatic heterocycles. The minimum atomic E-state index is -0.323. The molecule has 1 fully saturated rings. The summed E-state index contributed by atoms with van der Waals surface area (Å²) in [6.07, 6.45) is 0.226. The van der Waals surface area contributed by atoms with E-state index >= 15 is 0 Å². The largest absolute Gasteiger partial charge is 0.373 e. The van der Waals surface area contributed by atoms with Crippen molar-refractivity contribution in [2.75, 3.05) is 18.4 Å². The van der Waals surface area contributed by atoms with Gasteiger partial charge in [0, 0.05) is 18.8 Å². The molecule has 3 rings (SSSR count). The maximum Gasteiger partial charge on any atom is 0.246 e. The second kappa shape index (κ2) is 7.81. The Morgan fingerprint density at radius 2 is 1.64 bits per heavy atom. The molecule has 0 spiro atoms. The standard InChI is InChI=1S/C21H26N2O2/c1-15-9-11-19(12-10-15)22-21(24)20(18-7-5-4-6-8-18)23-13-16(2)25-17(3)14-23/h4-12,16-17,20H,13-14H2,1-3H3,(H,22,24)/t16-,17+,20-/m0/s1. The molecule has 1 amide bonds. The minimum absolute atomic E-state index is 0.00338. The first-order valence-corrected chi connectivity index (χ1v) is 8.85. The van der Waals surface area contributed by atoms with Crippen molar-refractivity contribution < 1.29 is 9.53 Å². The first-order chi connectivity index (χ1) is 12.0. The number of nitrogens with one attached hydrogen (secondary N) is 1. The number of carbonyl (C=O) groups excluding carboxylic acids is 1. The zero-order valence-corrected chi connectivity index (χ0v) is 15.1. The average Bonchev–Trinajstić information content (AvgIpc) is 2.57. The summed E-state index contributed by atoms with van der Waals surface area (Å²) in [5.41, 5.74) is 3.01. The van der Waals surface area contributed by atoms with E-state index in [-0.39, 0.29) is 24.2 Å². The van der Waals surface area contributed by atoms with Crippen LogP contribution in [0.15, 0.2) is 54.6 Å². The molecule has 4 heteroatoms. The summed E-state index contributed by atoms with van der Waals surface area (Å²) in [5, 5.41) is 3.07. The van der Waals surface area contributed by atoms with E-state index in [2.05, 4.69) is 24.1 Å². The molecule has 1 N–H and O–H groups in total. The van der Waals surface area contributed by atoms with E-state index in [9.17, 15) is 4.79 Å². The maximum atomic E-state index is 13.1. The number of morpholine rings is 1. The molecule has 0 aromatic heterocycles. The lowest BCUT2D eigenvalue weighted by molar-refractivity contribution is -0.128. The Kier molecular flexibility index (Phi) is 5.51. The quantitative estimate of drug-likeness (QED) is 0.922. The lowest BCUT2D eigenvalue weighted by Crippen LogP contribution is -2.49. The molecule has 0 unspecified atom stereocenters. The number of carbonyl (C=O) groups is 1. The van der Waals surface area contributed by atoms with Crippen molar-refractivity contribution in [2.45, 2.75) is 39.0 Å². The van der Waals surface area contributed by atoms with Gasteiger partial charge in [-0.3, -0.25) is 9.69 Å². The van der Waals surface area contributed by atoms with Crippen molar-refractivity contribution in [3.63, 3.8) is 0 Å². The molecule has 0 aliphatic carbocycles. The Morgan fingerprint density at radius 3 is 2.24 bits per heavy atom. The van der Waals surface area contributed by atoms with E-state index in [1.54, 1.807) is 0 Å². The number of nitrogens with zero attached hydrogens (tertiary/aromatic N) is 1. The number of hydrogen-bond donors (Lipinski definition) is 1. The van der Waals surface area contributed by atoms with Gasteiger partial charge < -0.3 is 10.1 Å². The molecule has 0 radical (unpaired) electrons. The van der Waals surface area contributed by atoms with Crippen LogP contribution in [0, 0.1) is 6.92 Å². The summed E-state index contributed by atoms with van der Waals surface area (Å²) < 4.78 is 5.84. The zero-order valence-electron chi connectivity index (χ0n) is 15.1. The zero-order chi connectivity index (χ0) is 17.8. The Labute approximate surface area is 149 Å². The van der Waals surface area contributed by atoms with E-state index in [4.69, 9.17) is 4.74 Å². The van der Waals surface area contributed by atoms with E-state index < -0.39 is 0 Å². The van der Waals surface area contributed by atoms with Crippen molar-refractivity contribution in [3.8, 4) is 0 Å². The van der Waals surface area contributed by atoms with Crippen molar-refractivity contribution in [3.05, 3.63) is 65.7 Å². The minimum Gasteiger partial charge on any atom is -0.373 e. The summed E-state index contributed by atoms with van der Waals surface area (Å²) in [6, 6.07) is 17.6. The van der Waals surface area contributed by atoms with E-state index in [0.29, 0.717) is 0 Å². The molecule has 132 valence electrons.